The van der Waals surface area contributed by atoms with E-state index in [-0.39, 0.29) is 5.91 Å². The number of hydrogen-bond acceptors (Lipinski definition) is 3. The Labute approximate surface area is 124 Å². The molecule has 2 rings (SSSR count). The summed E-state index contributed by atoms with van der Waals surface area (Å²) >= 11 is 1.74. The quantitative estimate of drug-likeness (QED) is 0.855. The van der Waals surface area contributed by atoms with Gasteiger partial charge in [-0.15, -0.1) is 0 Å². The summed E-state index contributed by atoms with van der Waals surface area (Å²) in [7, 11) is 0. The lowest BCUT2D eigenvalue weighted by atomic mass is 10.1. The molecule has 0 aliphatic rings. The highest BCUT2D eigenvalue weighted by molar-refractivity contribution is 7.07. The van der Waals surface area contributed by atoms with Crippen molar-refractivity contribution in [2.45, 2.75) is 32.9 Å². The first-order valence-corrected chi connectivity index (χ1v) is 7.69. The van der Waals surface area contributed by atoms with E-state index in [1.54, 1.807) is 11.3 Å². The fourth-order valence-electron chi connectivity index (χ4n) is 2.04. The third-order valence-corrected chi connectivity index (χ3v) is 3.78. The first-order valence-electron chi connectivity index (χ1n) is 6.74. The van der Waals surface area contributed by atoms with Gasteiger partial charge in [-0.25, -0.2) is 0 Å². The number of hydrogen-bond donors (Lipinski definition) is 2. The van der Waals surface area contributed by atoms with Crippen molar-refractivity contribution in [3.05, 3.63) is 52.2 Å². The Balaban J connectivity index is 1.80. The molecule has 0 saturated heterocycles. The maximum absolute atomic E-state index is 10.9. The van der Waals surface area contributed by atoms with Crippen LogP contribution in [0.5, 0.6) is 0 Å². The van der Waals surface area contributed by atoms with Crippen molar-refractivity contribution in [1.82, 2.24) is 5.32 Å². The number of benzene rings is 1. The molecule has 1 aromatic carbocycles. The predicted molar refractivity (Wildman–Crippen MR) is 85.1 cm³/mol. The third-order valence-electron chi connectivity index (χ3n) is 3.05. The molecular formula is C16H20N2OS. The second-order valence-electron chi connectivity index (χ2n) is 5.00. The molecule has 1 unspecified atom stereocenters. The summed E-state index contributed by atoms with van der Waals surface area (Å²) in [5, 5.41) is 10.6. The molecule has 1 aromatic heterocycles. The van der Waals surface area contributed by atoms with Gasteiger partial charge in [0.15, 0.2) is 0 Å². The van der Waals surface area contributed by atoms with E-state index in [0.717, 1.165) is 18.7 Å². The summed E-state index contributed by atoms with van der Waals surface area (Å²) in [4.78, 5) is 10.9. The van der Waals surface area contributed by atoms with Crippen LogP contribution >= 0.6 is 11.3 Å². The summed E-state index contributed by atoms with van der Waals surface area (Å²) in [5.41, 5.74) is 3.44. The molecule has 1 amide bonds. The van der Waals surface area contributed by atoms with Crippen LogP contribution in [0.1, 0.15) is 25.0 Å². The molecule has 0 radical (unpaired) electrons. The molecular weight excluding hydrogens is 268 g/mol. The van der Waals surface area contributed by atoms with E-state index in [1.807, 2.05) is 24.3 Å². The van der Waals surface area contributed by atoms with Gasteiger partial charge in [0.2, 0.25) is 5.91 Å². The molecule has 2 N–H and O–H groups in total. The third kappa shape index (κ3) is 4.79. The molecule has 3 nitrogen and oxygen atoms in total. The highest BCUT2D eigenvalue weighted by Gasteiger charge is 2.04. The van der Waals surface area contributed by atoms with E-state index in [4.69, 9.17) is 0 Å². The Hall–Kier alpha value is -1.65. The minimum absolute atomic E-state index is 0.0414. The summed E-state index contributed by atoms with van der Waals surface area (Å²) in [6.45, 7) is 4.55. The lowest BCUT2D eigenvalue weighted by Gasteiger charge is -2.13. The molecule has 0 aliphatic heterocycles. The van der Waals surface area contributed by atoms with Gasteiger partial charge in [0, 0.05) is 25.2 Å². The van der Waals surface area contributed by atoms with Crippen LogP contribution in [0.25, 0.3) is 0 Å². The SMILES string of the molecule is CC(=O)Nc1ccc(CNC(C)Cc2ccsc2)cc1. The van der Waals surface area contributed by atoms with Crippen molar-refractivity contribution in [2.75, 3.05) is 5.32 Å². The Morgan fingerprint density at radius 1 is 1.20 bits per heavy atom. The standard InChI is InChI=1S/C16H20N2OS/c1-12(9-15-7-8-20-11-15)17-10-14-3-5-16(6-4-14)18-13(2)19/h3-8,11-12,17H,9-10H2,1-2H3,(H,18,19). The molecule has 106 valence electrons. The number of anilines is 1. The number of nitrogens with one attached hydrogen (secondary N) is 2. The first-order chi connectivity index (χ1) is 9.63. The van der Waals surface area contributed by atoms with E-state index in [9.17, 15) is 4.79 Å². The molecule has 2 aromatic rings. The predicted octanol–water partition coefficient (Wildman–Crippen LogP) is 3.43. The van der Waals surface area contributed by atoms with Crippen molar-refractivity contribution < 1.29 is 4.79 Å². The van der Waals surface area contributed by atoms with Crippen LogP contribution in [0.3, 0.4) is 0 Å². The van der Waals surface area contributed by atoms with E-state index in [2.05, 4.69) is 34.4 Å². The fraction of sp³-hybridized carbons (Fsp3) is 0.312. The normalized spacial score (nSPS) is 12.1. The minimum atomic E-state index is -0.0414. The number of rotatable bonds is 6. The molecule has 0 aliphatic carbocycles. The summed E-state index contributed by atoms with van der Waals surface area (Å²) in [6, 6.07) is 10.6. The average molecular weight is 288 g/mol. The van der Waals surface area contributed by atoms with Gasteiger partial charge in [-0.3, -0.25) is 4.79 Å². The molecule has 0 fully saturated rings. The topological polar surface area (TPSA) is 41.1 Å². The molecule has 1 heterocycles. The largest absolute Gasteiger partial charge is 0.326 e. The van der Waals surface area contributed by atoms with E-state index < -0.39 is 0 Å². The van der Waals surface area contributed by atoms with Crippen LogP contribution in [0.15, 0.2) is 41.1 Å². The number of amides is 1. The maximum Gasteiger partial charge on any atom is 0.221 e. The van der Waals surface area contributed by atoms with Gasteiger partial charge in [-0.1, -0.05) is 12.1 Å². The summed E-state index contributed by atoms with van der Waals surface area (Å²) in [6.07, 6.45) is 1.05. The van der Waals surface area contributed by atoms with E-state index in [0.29, 0.717) is 6.04 Å². The van der Waals surface area contributed by atoms with E-state index >= 15 is 0 Å². The summed E-state index contributed by atoms with van der Waals surface area (Å²) in [5.74, 6) is -0.0414. The van der Waals surface area contributed by atoms with Crippen LogP contribution in [0.2, 0.25) is 0 Å². The van der Waals surface area contributed by atoms with Crippen molar-refractivity contribution in [2.24, 2.45) is 0 Å². The second-order valence-corrected chi connectivity index (χ2v) is 5.78. The number of carbonyl (C=O) groups excluding carboxylic acids is 1. The molecule has 20 heavy (non-hydrogen) atoms. The molecule has 1 atom stereocenters. The summed E-state index contributed by atoms with van der Waals surface area (Å²) < 4.78 is 0. The number of carbonyl (C=O) groups is 1. The molecule has 0 bridgehead atoms. The van der Waals surface area contributed by atoms with Gasteiger partial charge in [-0.2, -0.15) is 11.3 Å². The zero-order valence-electron chi connectivity index (χ0n) is 11.8. The van der Waals surface area contributed by atoms with Crippen LogP contribution < -0.4 is 10.6 Å². The Morgan fingerprint density at radius 3 is 2.55 bits per heavy atom. The van der Waals surface area contributed by atoms with E-state index in [1.165, 1.54) is 18.1 Å². The Kier molecular flexibility index (Phi) is 5.32. The minimum Gasteiger partial charge on any atom is -0.326 e. The Bertz CT molecular complexity index is 534. The van der Waals surface area contributed by atoms with Gasteiger partial charge in [0.1, 0.15) is 0 Å². The average Bonchev–Trinajstić information content (AvgIpc) is 2.90. The van der Waals surface area contributed by atoms with Crippen molar-refractivity contribution in [3.63, 3.8) is 0 Å². The van der Waals surface area contributed by atoms with Crippen molar-refractivity contribution in [1.29, 1.82) is 0 Å². The molecule has 4 heteroatoms. The van der Waals surface area contributed by atoms with Crippen LogP contribution in [-0.4, -0.2) is 11.9 Å². The van der Waals surface area contributed by atoms with Crippen LogP contribution in [0, 0.1) is 0 Å². The zero-order chi connectivity index (χ0) is 14.4. The van der Waals surface area contributed by atoms with Crippen LogP contribution in [0.4, 0.5) is 5.69 Å². The first kappa shape index (κ1) is 14.8. The van der Waals surface area contributed by atoms with Gasteiger partial charge in [0.25, 0.3) is 0 Å². The second kappa shape index (κ2) is 7.22. The lowest BCUT2D eigenvalue weighted by molar-refractivity contribution is -0.114. The van der Waals surface area contributed by atoms with Crippen LogP contribution in [-0.2, 0) is 17.8 Å². The highest BCUT2D eigenvalue weighted by Crippen LogP contribution is 2.11. The van der Waals surface area contributed by atoms with Crippen molar-refractivity contribution >= 4 is 22.9 Å². The van der Waals surface area contributed by atoms with Gasteiger partial charge < -0.3 is 10.6 Å². The maximum atomic E-state index is 10.9. The number of thiophene rings is 1. The molecule has 0 saturated carbocycles. The fourth-order valence-corrected chi connectivity index (χ4v) is 2.72. The highest BCUT2D eigenvalue weighted by atomic mass is 32.1. The smallest absolute Gasteiger partial charge is 0.221 e. The van der Waals surface area contributed by atoms with Gasteiger partial charge >= 0.3 is 0 Å². The Morgan fingerprint density at radius 2 is 1.95 bits per heavy atom. The monoisotopic (exact) mass is 288 g/mol. The van der Waals surface area contributed by atoms with Gasteiger partial charge in [0.05, 0.1) is 0 Å². The molecule has 0 spiro atoms. The zero-order valence-corrected chi connectivity index (χ0v) is 12.7. The van der Waals surface area contributed by atoms with Crippen molar-refractivity contribution in [3.8, 4) is 0 Å². The lowest BCUT2D eigenvalue weighted by Crippen LogP contribution is -2.27. The van der Waals surface area contributed by atoms with Gasteiger partial charge in [-0.05, 0) is 53.4 Å².